The maximum absolute atomic E-state index is 13.2. The van der Waals surface area contributed by atoms with E-state index in [9.17, 15) is 19.5 Å². The van der Waals surface area contributed by atoms with E-state index in [0.29, 0.717) is 39.4 Å². The first kappa shape index (κ1) is 20.6. The molecule has 32 heavy (non-hydrogen) atoms. The second-order valence-electron chi connectivity index (χ2n) is 8.06. The molecule has 2 aromatic heterocycles. The number of piperidine rings is 1. The number of hydrogen-bond donors (Lipinski definition) is 2. The number of aryl methyl sites for hydroxylation is 1. The molecule has 11 heteroatoms. The van der Waals surface area contributed by atoms with Crippen LogP contribution in [0.3, 0.4) is 0 Å². The summed E-state index contributed by atoms with van der Waals surface area (Å²) in [5.74, 6) is -1.12. The topological polar surface area (TPSA) is 130 Å². The van der Waals surface area contributed by atoms with E-state index >= 15 is 0 Å². The molecule has 5 rings (SSSR count). The first-order valence-corrected chi connectivity index (χ1v) is 10.9. The third-order valence-electron chi connectivity index (χ3n) is 5.99. The average molecular weight is 499 g/mol. The lowest BCUT2D eigenvalue weighted by atomic mass is 10.1. The Labute approximate surface area is 190 Å². The van der Waals surface area contributed by atoms with E-state index in [1.54, 1.807) is 36.1 Å². The Bertz CT molecular complexity index is 1270. The van der Waals surface area contributed by atoms with E-state index in [0.717, 1.165) is 6.42 Å². The predicted molar refractivity (Wildman–Crippen MR) is 117 cm³/mol. The van der Waals surface area contributed by atoms with Crippen molar-refractivity contribution in [3.63, 3.8) is 0 Å². The molecule has 2 amide bonds. The third kappa shape index (κ3) is 3.52. The summed E-state index contributed by atoms with van der Waals surface area (Å²) in [4.78, 5) is 47.8. The van der Waals surface area contributed by atoms with Crippen molar-refractivity contribution >= 4 is 50.4 Å². The molecule has 0 bridgehead atoms. The van der Waals surface area contributed by atoms with Gasteiger partial charge in [-0.15, -0.1) is 0 Å². The maximum atomic E-state index is 13.2. The Kier molecular flexibility index (Phi) is 4.92. The van der Waals surface area contributed by atoms with Crippen molar-refractivity contribution in [3.05, 3.63) is 46.5 Å². The standard InChI is InChI=1S/C21H19BrN6O4/c1-10-19(22)24-16(8-23-10)25-20(30)15-7-11-6-14(11)28(15)17(29)9-27-13-5-3-2-4-12(13)18(26-27)21(31)32/h2-5,8,11,14-15H,6-7,9H2,1H3,(H,31,32)(H,24,25,30)/t11-,14-,15+/m1/s1. The second-order valence-corrected chi connectivity index (χ2v) is 8.82. The predicted octanol–water partition coefficient (Wildman–Crippen LogP) is 2.22. The summed E-state index contributed by atoms with van der Waals surface area (Å²) in [6.45, 7) is 1.65. The molecule has 1 aliphatic carbocycles. The van der Waals surface area contributed by atoms with Gasteiger partial charge in [0.2, 0.25) is 11.8 Å². The van der Waals surface area contributed by atoms with Gasteiger partial charge >= 0.3 is 5.97 Å². The fourth-order valence-corrected chi connectivity index (χ4v) is 4.65. The number of carboxylic acids is 1. The zero-order chi connectivity index (χ0) is 22.6. The molecular weight excluding hydrogens is 480 g/mol. The van der Waals surface area contributed by atoms with Gasteiger partial charge in [0.05, 0.1) is 17.4 Å². The SMILES string of the molecule is Cc1ncc(NC(=O)[C@@H]2C[C@H]3C[C@H]3N2C(=O)Cn2nc(C(=O)O)c3ccccc32)nc1Br. The number of benzene rings is 1. The molecule has 1 saturated heterocycles. The van der Waals surface area contributed by atoms with E-state index in [-0.39, 0.29) is 30.1 Å². The van der Waals surface area contributed by atoms with Crippen LogP contribution in [0.2, 0.25) is 0 Å². The number of carbonyl (C=O) groups excluding carboxylic acids is 2. The highest BCUT2D eigenvalue weighted by Crippen LogP contribution is 2.48. The van der Waals surface area contributed by atoms with E-state index in [1.165, 1.54) is 10.9 Å². The van der Waals surface area contributed by atoms with Crippen molar-refractivity contribution in [1.82, 2.24) is 24.6 Å². The molecule has 2 aliphatic rings. The highest BCUT2D eigenvalue weighted by atomic mass is 79.9. The van der Waals surface area contributed by atoms with Crippen molar-refractivity contribution in [2.24, 2.45) is 5.92 Å². The van der Waals surface area contributed by atoms with Gasteiger partial charge in [0.15, 0.2) is 11.5 Å². The minimum Gasteiger partial charge on any atom is -0.476 e. The molecule has 10 nitrogen and oxygen atoms in total. The van der Waals surface area contributed by atoms with Gasteiger partial charge in [0.25, 0.3) is 0 Å². The largest absolute Gasteiger partial charge is 0.476 e. The van der Waals surface area contributed by atoms with Gasteiger partial charge in [-0.05, 0) is 47.7 Å². The van der Waals surface area contributed by atoms with Crippen molar-refractivity contribution in [3.8, 4) is 0 Å². The van der Waals surface area contributed by atoms with Crippen LogP contribution in [0, 0.1) is 12.8 Å². The monoisotopic (exact) mass is 498 g/mol. The van der Waals surface area contributed by atoms with Crippen LogP contribution in [0.5, 0.6) is 0 Å². The highest BCUT2D eigenvalue weighted by Gasteiger charge is 2.56. The summed E-state index contributed by atoms with van der Waals surface area (Å²) in [6, 6.07) is 6.29. The molecule has 1 aromatic carbocycles. The van der Waals surface area contributed by atoms with Gasteiger partial charge in [-0.1, -0.05) is 18.2 Å². The van der Waals surface area contributed by atoms with Crippen LogP contribution in [-0.4, -0.2) is 59.6 Å². The number of nitrogens with one attached hydrogen (secondary N) is 1. The molecule has 3 atom stereocenters. The van der Waals surface area contributed by atoms with E-state index < -0.39 is 12.0 Å². The Hall–Kier alpha value is -3.34. The highest BCUT2D eigenvalue weighted by molar-refractivity contribution is 9.10. The normalized spacial score (nSPS) is 21.4. The second kappa shape index (κ2) is 7.66. The molecule has 164 valence electrons. The van der Waals surface area contributed by atoms with Gasteiger partial charge in [0.1, 0.15) is 17.2 Å². The summed E-state index contributed by atoms with van der Waals surface area (Å²) in [6.07, 6.45) is 2.93. The summed E-state index contributed by atoms with van der Waals surface area (Å²) in [5.41, 5.74) is 1.16. The molecule has 1 aliphatic heterocycles. The minimum atomic E-state index is -1.15. The van der Waals surface area contributed by atoms with Gasteiger partial charge in [-0.25, -0.2) is 9.78 Å². The Balaban J connectivity index is 1.37. The van der Waals surface area contributed by atoms with Gasteiger partial charge in [0, 0.05) is 11.4 Å². The summed E-state index contributed by atoms with van der Waals surface area (Å²) < 4.78 is 1.94. The number of fused-ring (bicyclic) bond motifs is 2. The molecule has 0 radical (unpaired) electrons. The fourth-order valence-electron chi connectivity index (χ4n) is 4.36. The number of likely N-dealkylation sites (tertiary alicyclic amines) is 1. The number of carbonyl (C=O) groups is 3. The number of aromatic nitrogens is 4. The van der Waals surface area contributed by atoms with Crippen molar-refractivity contribution in [2.45, 2.75) is 38.4 Å². The zero-order valence-corrected chi connectivity index (χ0v) is 18.6. The molecule has 2 fully saturated rings. The third-order valence-corrected chi connectivity index (χ3v) is 6.74. The first-order valence-electron chi connectivity index (χ1n) is 10.1. The van der Waals surface area contributed by atoms with E-state index in [2.05, 4.69) is 36.3 Å². The van der Waals surface area contributed by atoms with Crippen LogP contribution < -0.4 is 5.32 Å². The average Bonchev–Trinajstić information content (AvgIpc) is 3.26. The van der Waals surface area contributed by atoms with Crippen LogP contribution in [0.25, 0.3) is 10.9 Å². The Morgan fingerprint density at radius 3 is 2.78 bits per heavy atom. The fraction of sp³-hybridized carbons (Fsp3) is 0.333. The summed E-state index contributed by atoms with van der Waals surface area (Å²) in [7, 11) is 0. The number of para-hydroxylation sites is 1. The summed E-state index contributed by atoms with van der Waals surface area (Å²) in [5, 5.41) is 16.8. The maximum Gasteiger partial charge on any atom is 0.357 e. The van der Waals surface area contributed by atoms with E-state index in [4.69, 9.17) is 0 Å². The molecular formula is C21H19BrN6O4. The van der Waals surface area contributed by atoms with Crippen LogP contribution in [0.1, 0.15) is 29.0 Å². The molecule has 1 saturated carbocycles. The number of hydrogen-bond acceptors (Lipinski definition) is 6. The van der Waals surface area contributed by atoms with Crippen molar-refractivity contribution < 1.29 is 19.5 Å². The molecule has 3 aromatic rings. The molecule has 0 unspecified atom stereocenters. The number of anilines is 1. The van der Waals surface area contributed by atoms with Crippen LogP contribution in [-0.2, 0) is 16.1 Å². The Morgan fingerprint density at radius 2 is 2.03 bits per heavy atom. The minimum absolute atomic E-state index is 0.0230. The van der Waals surface area contributed by atoms with E-state index in [1.807, 2.05) is 0 Å². The number of nitrogens with zero attached hydrogens (tertiary/aromatic N) is 5. The van der Waals surface area contributed by atoms with Crippen LogP contribution >= 0.6 is 15.9 Å². The zero-order valence-electron chi connectivity index (χ0n) is 17.0. The lowest BCUT2D eigenvalue weighted by Crippen LogP contribution is -2.46. The van der Waals surface area contributed by atoms with Crippen molar-refractivity contribution in [1.29, 1.82) is 0 Å². The summed E-state index contributed by atoms with van der Waals surface area (Å²) >= 11 is 3.30. The molecule has 3 heterocycles. The smallest absolute Gasteiger partial charge is 0.357 e. The van der Waals surface area contributed by atoms with Crippen LogP contribution in [0.4, 0.5) is 5.82 Å². The number of rotatable bonds is 5. The number of carboxylic acid groups (broad SMARTS) is 1. The molecule has 2 N–H and O–H groups in total. The lowest BCUT2D eigenvalue weighted by Gasteiger charge is -2.26. The first-order chi connectivity index (χ1) is 15.3. The number of amides is 2. The number of halogens is 1. The van der Waals surface area contributed by atoms with Crippen LogP contribution in [0.15, 0.2) is 35.1 Å². The lowest BCUT2D eigenvalue weighted by molar-refractivity contribution is -0.138. The quantitative estimate of drug-likeness (QED) is 0.551. The molecule has 0 spiro atoms. The van der Waals surface area contributed by atoms with Gasteiger partial charge in [-0.2, -0.15) is 5.10 Å². The van der Waals surface area contributed by atoms with Gasteiger partial charge < -0.3 is 15.3 Å². The Morgan fingerprint density at radius 1 is 1.25 bits per heavy atom. The van der Waals surface area contributed by atoms with Gasteiger partial charge in [-0.3, -0.25) is 19.3 Å². The number of aromatic carboxylic acids is 1. The van der Waals surface area contributed by atoms with Crippen molar-refractivity contribution in [2.75, 3.05) is 5.32 Å².